The van der Waals surface area contributed by atoms with Gasteiger partial charge in [0.15, 0.2) is 4.34 Å². The van der Waals surface area contributed by atoms with Gasteiger partial charge in [-0.05, 0) is 48.1 Å². The second kappa shape index (κ2) is 8.05. The van der Waals surface area contributed by atoms with Crippen molar-refractivity contribution in [2.45, 2.75) is 22.6 Å². The Bertz CT molecular complexity index is 969. The lowest BCUT2D eigenvalue weighted by Gasteiger charge is -2.07. The SMILES string of the molecule is CCSc1nc2ccc(S(=O)(=O)NCCc3ccc(Cl)cc3)cc2s1. The molecular weight excluding hydrogens is 396 g/mol. The van der Waals surface area contributed by atoms with Crippen molar-refractivity contribution < 1.29 is 8.42 Å². The van der Waals surface area contributed by atoms with Gasteiger partial charge in [0.1, 0.15) is 0 Å². The van der Waals surface area contributed by atoms with Crippen LogP contribution in [0.2, 0.25) is 5.02 Å². The molecule has 3 rings (SSSR count). The lowest BCUT2D eigenvalue weighted by atomic mass is 10.2. The molecule has 0 saturated heterocycles. The molecule has 0 spiro atoms. The third-order valence-electron chi connectivity index (χ3n) is 3.54. The van der Waals surface area contributed by atoms with E-state index in [-0.39, 0.29) is 4.90 Å². The summed E-state index contributed by atoms with van der Waals surface area (Å²) >= 11 is 9.03. The molecule has 8 heteroatoms. The predicted molar refractivity (Wildman–Crippen MR) is 106 cm³/mol. The Balaban J connectivity index is 1.70. The minimum absolute atomic E-state index is 0.271. The average molecular weight is 413 g/mol. The highest BCUT2D eigenvalue weighted by Gasteiger charge is 2.15. The summed E-state index contributed by atoms with van der Waals surface area (Å²) in [4.78, 5) is 4.76. The molecule has 4 nitrogen and oxygen atoms in total. The van der Waals surface area contributed by atoms with Crippen molar-refractivity contribution in [2.75, 3.05) is 12.3 Å². The van der Waals surface area contributed by atoms with Crippen LogP contribution in [0.5, 0.6) is 0 Å². The topological polar surface area (TPSA) is 59.1 Å². The summed E-state index contributed by atoms with van der Waals surface area (Å²) in [6, 6.07) is 12.5. The van der Waals surface area contributed by atoms with Gasteiger partial charge in [0.2, 0.25) is 10.0 Å². The molecule has 2 aromatic carbocycles. The standard InChI is InChI=1S/C17H17ClN2O2S3/c1-2-23-17-20-15-8-7-14(11-16(15)24-17)25(21,22)19-10-9-12-3-5-13(18)6-4-12/h3-8,11,19H,2,9-10H2,1H3. The number of benzene rings is 2. The number of rotatable bonds is 7. The summed E-state index contributed by atoms with van der Waals surface area (Å²) < 4.78 is 29.5. The molecule has 3 aromatic rings. The summed E-state index contributed by atoms with van der Waals surface area (Å²) in [5.41, 5.74) is 1.87. The van der Waals surface area contributed by atoms with Crippen LogP contribution in [0.4, 0.5) is 0 Å². The van der Waals surface area contributed by atoms with Crippen molar-refractivity contribution in [1.82, 2.24) is 9.71 Å². The van der Waals surface area contributed by atoms with Crippen molar-refractivity contribution in [3.8, 4) is 0 Å². The van der Waals surface area contributed by atoms with E-state index in [1.165, 1.54) is 11.3 Å². The fraction of sp³-hybridized carbons (Fsp3) is 0.235. The van der Waals surface area contributed by atoms with Crippen LogP contribution in [-0.4, -0.2) is 25.7 Å². The fourth-order valence-electron chi connectivity index (χ4n) is 2.30. The molecule has 0 radical (unpaired) electrons. The second-order valence-corrected chi connectivity index (χ2v) is 10.1. The van der Waals surface area contributed by atoms with Gasteiger partial charge in [0, 0.05) is 11.6 Å². The van der Waals surface area contributed by atoms with Crippen molar-refractivity contribution in [1.29, 1.82) is 0 Å². The normalized spacial score (nSPS) is 11.9. The quantitative estimate of drug-likeness (QED) is 0.577. The number of hydrogen-bond acceptors (Lipinski definition) is 5. The largest absolute Gasteiger partial charge is 0.240 e. The summed E-state index contributed by atoms with van der Waals surface area (Å²) in [6.45, 7) is 2.40. The summed E-state index contributed by atoms with van der Waals surface area (Å²) in [6.07, 6.45) is 0.608. The van der Waals surface area contributed by atoms with Gasteiger partial charge in [-0.1, -0.05) is 42.4 Å². The zero-order valence-corrected chi connectivity index (χ0v) is 16.7. The first kappa shape index (κ1) is 18.7. The van der Waals surface area contributed by atoms with Gasteiger partial charge in [0.05, 0.1) is 15.1 Å². The first-order chi connectivity index (χ1) is 12.0. The van der Waals surface area contributed by atoms with Crippen LogP contribution in [0.1, 0.15) is 12.5 Å². The van der Waals surface area contributed by atoms with E-state index >= 15 is 0 Å². The lowest BCUT2D eigenvalue weighted by Crippen LogP contribution is -2.25. The van der Waals surface area contributed by atoms with E-state index in [0.29, 0.717) is 18.0 Å². The molecule has 1 aromatic heterocycles. The average Bonchev–Trinajstić information content (AvgIpc) is 2.98. The molecule has 0 fully saturated rings. The first-order valence-electron chi connectivity index (χ1n) is 7.75. The molecule has 1 N–H and O–H groups in total. The molecule has 0 unspecified atom stereocenters. The molecule has 25 heavy (non-hydrogen) atoms. The fourth-order valence-corrected chi connectivity index (χ4v) is 5.56. The number of thiazole rings is 1. The molecule has 0 aliphatic carbocycles. The summed E-state index contributed by atoms with van der Waals surface area (Å²) in [5.74, 6) is 0.942. The molecule has 0 saturated carbocycles. The van der Waals surface area contributed by atoms with E-state index in [4.69, 9.17) is 11.6 Å². The number of aromatic nitrogens is 1. The molecular formula is C17H17ClN2O2S3. The Morgan fingerprint density at radius 3 is 2.68 bits per heavy atom. The molecule has 0 atom stereocenters. The Labute approximate surface area is 160 Å². The van der Waals surface area contributed by atoms with Gasteiger partial charge in [-0.15, -0.1) is 11.3 Å². The molecule has 0 aliphatic rings. The predicted octanol–water partition coefficient (Wildman–Crippen LogP) is 4.58. The maximum atomic E-state index is 12.5. The van der Waals surface area contributed by atoms with E-state index in [2.05, 4.69) is 16.6 Å². The van der Waals surface area contributed by atoms with Crippen LogP contribution in [0.15, 0.2) is 51.7 Å². The molecule has 0 aliphatic heterocycles. The molecule has 132 valence electrons. The maximum Gasteiger partial charge on any atom is 0.240 e. The Morgan fingerprint density at radius 2 is 1.96 bits per heavy atom. The molecule has 0 bridgehead atoms. The van der Waals surface area contributed by atoms with Crippen molar-refractivity contribution in [3.05, 3.63) is 53.1 Å². The number of fused-ring (bicyclic) bond motifs is 1. The number of thioether (sulfide) groups is 1. The molecule has 0 amide bonds. The monoisotopic (exact) mass is 412 g/mol. The minimum Gasteiger partial charge on any atom is -0.230 e. The van der Waals surface area contributed by atoms with Gasteiger partial charge in [-0.25, -0.2) is 18.1 Å². The maximum absolute atomic E-state index is 12.5. The van der Waals surface area contributed by atoms with Gasteiger partial charge in [-0.2, -0.15) is 0 Å². The lowest BCUT2D eigenvalue weighted by molar-refractivity contribution is 0.582. The van der Waals surface area contributed by atoms with Crippen LogP contribution in [0.25, 0.3) is 10.2 Å². The highest BCUT2D eigenvalue weighted by Crippen LogP contribution is 2.30. The summed E-state index contributed by atoms with van der Waals surface area (Å²) in [7, 11) is -3.54. The van der Waals surface area contributed by atoms with E-state index < -0.39 is 10.0 Å². The minimum atomic E-state index is -3.54. The van der Waals surface area contributed by atoms with Gasteiger partial charge < -0.3 is 0 Å². The third-order valence-corrected chi connectivity index (χ3v) is 7.29. The summed E-state index contributed by atoms with van der Waals surface area (Å²) in [5, 5.41) is 0.669. The van der Waals surface area contributed by atoms with Crippen molar-refractivity contribution in [3.63, 3.8) is 0 Å². The zero-order valence-electron chi connectivity index (χ0n) is 13.5. The Morgan fingerprint density at radius 1 is 1.20 bits per heavy atom. The second-order valence-electron chi connectivity index (χ2n) is 5.32. The van der Waals surface area contributed by atoms with Crippen molar-refractivity contribution >= 4 is 54.9 Å². The van der Waals surface area contributed by atoms with Crippen LogP contribution in [-0.2, 0) is 16.4 Å². The highest BCUT2D eigenvalue weighted by molar-refractivity contribution is 8.01. The number of nitrogens with one attached hydrogen (secondary N) is 1. The first-order valence-corrected chi connectivity index (χ1v) is 11.4. The number of nitrogens with zero attached hydrogens (tertiary/aromatic N) is 1. The van der Waals surface area contributed by atoms with Gasteiger partial charge >= 0.3 is 0 Å². The highest BCUT2D eigenvalue weighted by atomic mass is 35.5. The van der Waals surface area contributed by atoms with Crippen LogP contribution < -0.4 is 4.72 Å². The van der Waals surface area contributed by atoms with Crippen LogP contribution in [0, 0.1) is 0 Å². The Kier molecular flexibility index (Phi) is 6.01. The van der Waals surface area contributed by atoms with E-state index in [1.807, 2.05) is 12.1 Å². The number of hydrogen-bond donors (Lipinski definition) is 1. The van der Waals surface area contributed by atoms with Gasteiger partial charge in [-0.3, -0.25) is 0 Å². The van der Waals surface area contributed by atoms with Crippen LogP contribution >= 0.6 is 34.7 Å². The smallest absolute Gasteiger partial charge is 0.230 e. The van der Waals surface area contributed by atoms with E-state index in [0.717, 1.165) is 25.9 Å². The van der Waals surface area contributed by atoms with Gasteiger partial charge in [0.25, 0.3) is 0 Å². The number of halogens is 1. The third kappa shape index (κ3) is 4.74. The Hall–Kier alpha value is -1.12. The zero-order chi connectivity index (χ0) is 17.9. The van der Waals surface area contributed by atoms with E-state index in [9.17, 15) is 8.42 Å². The van der Waals surface area contributed by atoms with Crippen LogP contribution in [0.3, 0.4) is 0 Å². The molecule has 1 heterocycles. The van der Waals surface area contributed by atoms with E-state index in [1.54, 1.807) is 42.1 Å². The number of sulfonamides is 1. The van der Waals surface area contributed by atoms with Crippen molar-refractivity contribution in [2.24, 2.45) is 0 Å².